The normalized spacial score (nSPS) is 12.3. The first kappa shape index (κ1) is 14.8. The van der Waals surface area contributed by atoms with Gasteiger partial charge in [0.2, 0.25) is 5.91 Å². The maximum atomic E-state index is 12.0. The molecule has 1 atom stereocenters. The molecule has 0 radical (unpaired) electrons. The molecule has 2 heterocycles. The van der Waals surface area contributed by atoms with Crippen molar-refractivity contribution in [1.29, 1.82) is 0 Å². The summed E-state index contributed by atoms with van der Waals surface area (Å²) in [4.78, 5) is 12.0. The Hall–Kier alpha value is -3.08. The second-order valence-corrected chi connectivity index (χ2v) is 5.01. The summed E-state index contributed by atoms with van der Waals surface area (Å²) in [7, 11) is 0. The molecule has 23 heavy (non-hydrogen) atoms. The van der Waals surface area contributed by atoms with Crippen molar-refractivity contribution in [3.8, 4) is 0 Å². The van der Waals surface area contributed by atoms with E-state index in [0.717, 1.165) is 11.3 Å². The standard InChI is InChI=1S/C18H17N3O2/c22-18(10-9-15-6-2-1-3-7-15)19-14-16(17-8-4-13-23-17)21-12-5-11-20-21/h1-13,16H,14H2,(H,19,22)/b10-9+. The lowest BCUT2D eigenvalue weighted by atomic mass is 10.2. The van der Waals surface area contributed by atoms with E-state index in [1.54, 1.807) is 23.2 Å². The molecule has 0 saturated carbocycles. The van der Waals surface area contributed by atoms with Crippen LogP contribution in [-0.2, 0) is 4.79 Å². The Kier molecular flexibility index (Phi) is 4.69. The topological polar surface area (TPSA) is 60.1 Å². The van der Waals surface area contributed by atoms with E-state index >= 15 is 0 Å². The predicted octanol–water partition coefficient (Wildman–Crippen LogP) is 2.90. The fraction of sp³-hybridized carbons (Fsp3) is 0.111. The molecule has 1 aromatic carbocycles. The van der Waals surface area contributed by atoms with Gasteiger partial charge in [-0.1, -0.05) is 30.3 Å². The average Bonchev–Trinajstić information content (AvgIpc) is 3.28. The van der Waals surface area contributed by atoms with Crippen molar-refractivity contribution < 1.29 is 9.21 Å². The Morgan fingerprint density at radius 2 is 2.09 bits per heavy atom. The van der Waals surface area contributed by atoms with Gasteiger partial charge in [-0.3, -0.25) is 9.48 Å². The summed E-state index contributed by atoms with van der Waals surface area (Å²) in [6, 6.07) is 15.1. The molecule has 5 nitrogen and oxygen atoms in total. The maximum absolute atomic E-state index is 12.0. The minimum Gasteiger partial charge on any atom is -0.467 e. The highest BCUT2D eigenvalue weighted by atomic mass is 16.3. The summed E-state index contributed by atoms with van der Waals surface area (Å²) in [6.45, 7) is 0.396. The van der Waals surface area contributed by atoms with Crippen LogP contribution < -0.4 is 5.32 Å². The first-order valence-electron chi connectivity index (χ1n) is 7.36. The van der Waals surface area contributed by atoms with E-state index in [9.17, 15) is 4.79 Å². The second kappa shape index (κ2) is 7.26. The monoisotopic (exact) mass is 307 g/mol. The largest absolute Gasteiger partial charge is 0.467 e. The van der Waals surface area contributed by atoms with Crippen molar-refractivity contribution in [2.24, 2.45) is 0 Å². The lowest BCUT2D eigenvalue weighted by Gasteiger charge is -2.15. The van der Waals surface area contributed by atoms with Gasteiger partial charge in [0.05, 0.1) is 6.26 Å². The summed E-state index contributed by atoms with van der Waals surface area (Å²) in [5.41, 5.74) is 0.984. The maximum Gasteiger partial charge on any atom is 0.244 e. The molecular formula is C18H17N3O2. The molecule has 1 amide bonds. The van der Waals surface area contributed by atoms with Crippen LogP contribution in [0.5, 0.6) is 0 Å². The number of amides is 1. The van der Waals surface area contributed by atoms with Gasteiger partial charge in [0.1, 0.15) is 11.8 Å². The van der Waals surface area contributed by atoms with Crippen LogP contribution in [0.2, 0.25) is 0 Å². The van der Waals surface area contributed by atoms with E-state index in [1.807, 2.05) is 54.7 Å². The average molecular weight is 307 g/mol. The van der Waals surface area contributed by atoms with Crippen molar-refractivity contribution in [3.63, 3.8) is 0 Å². The highest BCUT2D eigenvalue weighted by Crippen LogP contribution is 2.17. The number of benzene rings is 1. The van der Waals surface area contributed by atoms with Gasteiger partial charge in [0.15, 0.2) is 0 Å². The van der Waals surface area contributed by atoms with Crippen LogP contribution in [0.3, 0.4) is 0 Å². The van der Waals surface area contributed by atoms with Crippen LogP contribution in [0.1, 0.15) is 17.4 Å². The molecule has 0 aliphatic rings. The number of nitrogens with zero attached hydrogens (tertiary/aromatic N) is 2. The molecule has 116 valence electrons. The smallest absolute Gasteiger partial charge is 0.244 e. The Labute approximate surface area is 134 Å². The van der Waals surface area contributed by atoms with Gasteiger partial charge in [-0.15, -0.1) is 0 Å². The summed E-state index contributed by atoms with van der Waals surface area (Å²) < 4.78 is 7.21. The van der Waals surface area contributed by atoms with Crippen LogP contribution in [0.25, 0.3) is 6.08 Å². The fourth-order valence-electron chi connectivity index (χ4n) is 2.26. The first-order chi connectivity index (χ1) is 11.3. The van der Waals surface area contributed by atoms with Gasteiger partial charge in [-0.05, 0) is 29.8 Å². The quantitative estimate of drug-likeness (QED) is 0.712. The molecular weight excluding hydrogens is 290 g/mol. The van der Waals surface area contributed by atoms with Crippen LogP contribution in [0, 0.1) is 0 Å². The van der Waals surface area contributed by atoms with E-state index < -0.39 is 0 Å². The van der Waals surface area contributed by atoms with Gasteiger partial charge < -0.3 is 9.73 Å². The number of nitrogens with one attached hydrogen (secondary N) is 1. The highest BCUT2D eigenvalue weighted by Gasteiger charge is 2.17. The summed E-state index contributed by atoms with van der Waals surface area (Å²) in [6.07, 6.45) is 8.47. The van der Waals surface area contributed by atoms with E-state index in [2.05, 4.69) is 10.4 Å². The number of furan rings is 1. The van der Waals surface area contributed by atoms with Crippen molar-refractivity contribution in [2.45, 2.75) is 6.04 Å². The third kappa shape index (κ3) is 3.97. The number of rotatable bonds is 6. The van der Waals surface area contributed by atoms with Crippen molar-refractivity contribution in [3.05, 3.63) is 84.6 Å². The second-order valence-electron chi connectivity index (χ2n) is 5.01. The van der Waals surface area contributed by atoms with E-state index in [0.29, 0.717) is 6.54 Å². The number of aromatic nitrogens is 2. The molecule has 0 bridgehead atoms. The Morgan fingerprint density at radius 1 is 1.22 bits per heavy atom. The first-order valence-corrected chi connectivity index (χ1v) is 7.36. The number of hydrogen-bond donors (Lipinski definition) is 1. The van der Waals surface area contributed by atoms with E-state index in [-0.39, 0.29) is 11.9 Å². The lowest BCUT2D eigenvalue weighted by molar-refractivity contribution is -0.116. The summed E-state index contributed by atoms with van der Waals surface area (Å²) in [5, 5.41) is 7.11. The molecule has 1 unspecified atom stereocenters. The molecule has 5 heteroatoms. The fourth-order valence-corrected chi connectivity index (χ4v) is 2.26. The Balaban J connectivity index is 1.63. The van der Waals surface area contributed by atoms with Gasteiger partial charge >= 0.3 is 0 Å². The van der Waals surface area contributed by atoms with E-state index in [1.165, 1.54) is 6.08 Å². The zero-order valence-corrected chi connectivity index (χ0v) is 12.5. The molecule has 3 rings (SSSR count). The zero-order chi connectivity index (χ0) is 15.9. The molecule has 2 aromatic heterocycles. The Bertz CT molecular complexity index is 713. The van der Waals surface area contributed by atoms with Gasteiger partial charge in [-0.2, -0.15) is 5.10 Å². The number of hydrogen-bond acceptors (Lipinski definition) is 3. The summed E-state index contributed by atoms with van der Waals surface area (Å²) >= 11 is 0. The number of carbonyl (C=O) groups is 1. The Morgan fingerprint density at radius 3 is 2.78 bits per heavy atom. The SMILES string of the molecule is O=C(/C=C/c1ccccc1)NCC(c1ccco1)n1cccn1. The van der Waals surface area contributed by atoms with Crippen LogP contribution in [0.4, 0.5) is 0 Å². The van der Waals surface area contributed by atoms with Crippen LogP contribution in [-0.4, -0.2) is 22.2 Å². The third-order valence-corrected chi connectivity index (χ3v) is 3.41. The van der Waals surface area contributed by atoms with E-state index in [4.69, 9.17) is 4.42 Å². The van der Waals surface area contributed by atoms with Gasteiger partial charge in [-0.25, -0.2) is 0 Å². The molecule has 0 saturated heterocycles. The molecule has 1 N–H and O–H groups in total. The molecule has 0 fully saturated rings. The minimum atomic E-state index is -0.172. The van der Waals surface area contributed by atoms with Gasteiger partial charge in [0.25, 0.3) is 0 Å². The third-order valence-electron chi connectivity index (χ3n) is 3.41. The van der Waals surface area contributed by atoms with Crippen molar-refractivity contribution in [2.75, 3.05) is 6.54 Å². The van der Waals surface area contributed by atoms with Crippen molar-refractivity contribution in [1.82, 2.24) is 15.1 Å². The number of carbonyl (C=O) groups excluding carboxylic acids is 1. The summed E-state index contributed by atoms with van der Waals surface area (Å²) in [5.74, 6) is 0.596. The predicted molar refractivity (Wildman–Crippen MR) is 87.6 cm³/mol. The molecule has 0 aliphatic carbocycles. The van der Waals surface area contributed by atoms with Crippen molar-refractivity contribution >= 4 is 12.0 Å². The van der Waals surface area contributed by atoms with Crippen LogP contribution in [0.15, 0.2) is 77.7 Å². The molecule has 0 spiro atoms. The highest BCUT2D eigenvalue weighted by molar-refractivity contribution is 5.91. The molecule has 3 aromatic rings. The zero-order valence-electron chi connectivity index (χ0n) is 12.5. The minimum absolute atomic E-state index is 0.155. The lowest BCUT2D eigenvalue weighted by Crippen LogP contribution is -2.30. The molecule has 0 aliphatic heterocycles. The van der Waals surface area contributed by atoms with Crippen LogP contribution >= 0.6 is 0 Å². The van der Waals surface area contributed by atoms with Gasteiger partial charge in [0, 0.05) is 25.0 Å².